The summed E-state index contributed by atoms with van der Waals surface area (Å²) in [6, 6.07) is 11.4. The molecule has 4 rings (SSSR count). The number of rotatable bonds is 4. The Morgan fingerprint density at radius 1 is 1.18 bits per heavy atom. The predicted molar refractivity (Wildman–Crippen MR) is 104 cm³/mol. The molecule has 0 radical (unpaired) electrons. The highest BCUT2D eigenvalue weighted by Gasteiger charge is 2.35. The largest absolute Gasteiger partial charge is 0.332 e. The molecule has 1 aromatic heterocycles. The molecule has 0 aliphatic carbocycles. The summed E-state index contributed by atoms with van der Waals surface area (Å²) in [4.78, 5) is 14.7. The summed E-state index contributed by atoms with van der Waals surface area (Å²) in [7, 11) is -3.99. The summed E-state index contributed by atoms with van der Waals surface area (Å²) in [5.41, 5.74) is 1.43. The van der Waals surface area contributed by atoms with Gasteiger partial charge in [-0.15, -0.1) is 0 Å². The average molecular weight is 398 g/mol. The van der Waals surface area contributed by atoms with Gasteiger partial charge in [0.1, 0.15) is 0 Å². The Balaban J connectivity index is 1.85. The second kappa shape index (κ2) is 6.75. The molecule has 28 heavy (non-hydrogen) atoms. The van der Waals surface area contributed by atoms with Crippen LogP contribution in [0.15, 0.2) is 66.1 Å². The van der Waals surface area contributed by atoms with Crippen molar-refractivity contribution in [1.82, 2.24) is 9.55 Å². The lowest BCUT2D eigenvalue weighted by atomic mass is 10.00. The normalized spacial score (nSPS) is 16.6. The van der Waals surface area contributed by atoms with Gasteiger partial charge in [0.15, 0.2) is 0 Å². The van der Waals surface area contributed by atoms with E-state index in [9.17, 15) is 18.5 Å². The van der Waals surface area contributed by atoms with Crippen LogP contribution in [0, 0.1) is 17.0 Å². The zero-order valence-electron chi connectivity index (χ0n) is 15.1. The number of fused-ring (bicyclic) bond motifs is 1. The summed E-state index contributed by atoms with van der Waals surface area (Å²) in [6.07, 6.45) is 5.81. The third-order valence-corrected chi connectivity index (χ3v) is 6.98. The lowest BCUT2D eigenvalue weighted by molar-refractivity contribution is -0.385. The Labute approximate surface area is 162 Å². The minimum Gasteiger partial charge on any atom is -0.332 e. The van der Waals surface area contributed by atoms with E-state index >= 15 is 0 Å². The van der Waals surface area contributed by atoms with Crippen LogP contribution in [0.5, 0.6) is 0 Å². The molecule has 1 aliphatic heterocycles. The summed E-state index contributed by atoms with van der Waals surface area (Å²) < 4.78 is 30.3. The van der Waals surface area contributed by atoms with Crippen LogP contribution in [0.3, 0.4) is 0 Å². The quantitative estimate of drug-likeness (QED) is 0.497. The molecule has 1 atom stereocenters. The van der Waals surface area contributed by atoms with Crippen molar-refractivity contribution >= 4 is 21.4 Å². The van der Waals surface area contributed by atoms with Crippen molar-refractivity contribution in [2.75, 3.05) is 10.8 Å². The molecule has 0 saturated heterocycles. The van der Waals surface area contributed by atoms with E-state index in [0.29, 0.717) is 12.1 Å². The zero-order valence-corrected chi connectivity index (χ0v) is 15.9. The third-order valence-electron chi connectivity index (χ3n) is 5.06. The van der Waals surface area contributed by atoms with Crippen LogP contribution in [0.2, 0.25) is 0 Å². The SMILES string of the molecule is Cc1c([N+](=O)[O-])cccc1S(=O)(=O)N1C[C@H](n2ccnc2)Cc2ccccc21. The van der Waals surface area contributed by atoms with Crippen LogP contribution in [0.1, 0.15) is 17.2 Å². The molecule has 0 N–H and O–H groups in total. The lowest BCUT2D eigenvalue weighted by Gasteiger charge is -2.36. The highest BCUT2D eigenvalue weighted by molar-refractivity contribution is 7.92. The molecule has 0 bridgehead atoms. The van der Waals surface area contributed by atoms with Crippen molar-refractivity contribution in [3.05, 3.63) is 82.4 Å². The van der Waals surface area contributed by atoms with Gasteiger partial charge in [-0.2, -0.15) is 0 Å². The number of para-hydroxylation sites is 1. The molecule has 2 aromatic carbocycles. The van der Waals surface area contributed by atoms with E-state index in [-0.39, 0.29) is 28.7 Å². The van der Waals surface area contributed by atoms with Crippen LogP contribution in [0.4, 0.5) is 11.4 Å². The molecular weight excluding hydrogens is 380 g/mol. The topological polar surface area (TPSA) is 98.3 Å². The molecule has 0 saturated carbocycles. The van der Waals surface area contributed by atoms with E-state index in [1.54, 1.807) is 24.7 Å². The number of sulfonamides is 1. The first kappa shape index (κ1) is 18.2. The number of nitro groups is 1. The second-order valence-electron chi connectivity index (χ2n) is 6.69. The van der Waals surface area contributed by atoms with Crippen molar-refractivity contribution in [1.29, 1.82) is 0 Å². The minimum atomic E-state index is -3.99. The maximum Gasteiger partial charge on any atom is 0.273 e. The van der Waals surface area contributed by atoms with Crippen LogP contribution < -0.4 is 4.31 Å². The van der Waals surface area contributed by atoms with Crippen LogP contribution >= 0.6 is 0 Å². The van der Waals surface area contributed by atoms with Crippen LogP contribution in [-0.2, 0) is 16.4 Å². The number of hydrogen-bond donors (Lipinski definition) is 0. The number of anilines is 1. The fourth-order valence-electron chi connectivity index (χ4n) is 3.65. The van der Waals surface area contributed by atoms with E-state index < -0.39 is 14.9 Å². The monoisotopic (exact) mass is 398 g/mol. The molecule has 0 unspecified atom stereocenters. The van der Waals surface area contributed by atoms with Gasteiger partial charge in [0.25, 0.3) is 15.7 Å². The van der Waals surface area contributed by atoms with Crippen molar-refractivity contribution < 1.29 is 13.3 Å². The number of aromatic nitrogens is 2. The molecule has 8 nitrogen and oxygen atoms in total. The maximum absolute atomic E-state index is 13.5. The lowest BCUT2D eigenvalue weighted by Crippen LogP contribution is -2.40. The molecular formula is C19H18N4O4S. The third kappa shape index (κ3) is 2.93. The molecule has 1 aliphatic rings. The number of hydrogen-bond acceptors (Lipinski definition) is 5. The Kier molecular flexibility index (Phi) is 4.38. The van der Waals surface area contributed by atoms with Crippen molar-refractivity contribution in [3.8, 4) is 0 Å². The van der Waals surface area contributed by atoms with Gasteiger partial charge in [0.05, 0.1) is 34.4 Å². The highest BCUT2D eigenvalue weighted by Crippen LogP contribution is 2.37. The molecule has 0 fully saturated rings. The maximum atomic E-state index is 13.5. The van der Waals surface area contributed by atoms with E-state index in [1.165, 1.54) is 29.4 Å². The molecule has 3 aromatic rings. The van der Waals surface area contributed by atoms with Crippen molar-refractivity contribution in [2.45, 2.75) is 24.3 Å². The van der Waals surface area contributed by atoms with Gasteiger partial charge in [-0.25, -0.2) is 13.4 Å². The standard InChI is InChI=1S/C19H18N4O4S/c1-14-17(23(24)25)7-4-8-19(14)28(26,27)22-12-16(21-10-9-20-13-21)11-15-5-2-3-6-18(15)22/h2-10,13,16H,11-12H2,1H3/t16-/m1/s1. The van der Waals surface area contributed by atoms with Gasteiger partial charge in [0, 0.05) is 24.0 Å². The minimum absolute atomic E-state index is 0.0530. The number of nitrogens with zero attached hydrogens (tertiary/aromatic N) is 4. The Hall–Kier alpha value is -3.20. The van der Waals surface area contributed by atoms with Gasteiger partial charge < -0.3 is 4.57 Å². The van der Waals surface area contributed by atoms with E-state index in [1.807, 2.05) is 22.9 Å². The van der Waals surface area contributed by atoms with E-state index in [0.717, 1.165) is 5.56 Å². The second-order valence-corrected chi connectivity index (χ2v) is 8.52. The van der Waals surface area contributed by atoms with E-state index in [2.05, 4.69) is 4.98 Å². The van der Waals surface area contributed by atoms with Crippen molar-refractivity contribution in [3.63, 3.8) is 0 Å². The summed E-state index contributed by atoms with van der Waals surface area (Å²) in [5.74, 6) is 0. The predicted octanol–water partition coefficient (Wildman–Crippen LogP) is 3.09. The van der Waals surface area contributed by atoms with Gasteiger partial charge in [0.2, 0.25) is 0 Å². The van der Waals surface area contributed by atoms with Gasteiger partial charge >= 0.3 is 0 Å². The first-order valence-corrected chi connectivity index (χ1v) is 10.2. The van der Waals surface area contributed by atoms with E-state index in [4.69, 9.17) is 0 Å². The van der Waals surface area contributed by atoms with Crippen molar-refractivity contribution in [2.24, 2.45) is 0 Å². The number of imidazole rings is 1. The smallest absolute Gasteiger partial charge is 0.273 e. The zero-order chi connectivity index (χ0) is 19.9. The van der Waals surface area contributed by atoms with Crippen LogP contribution in [0.25, 0.3) is 0 Å². The Bertz CT molecular complexity index is 1140. The number of nitro benzene ring substituents is 1. The Morgan fingerprint density at radius 3 is 2.68 bits per heavy atom. The summed E-state index contributed by atoms with van der Waals surface area (Å²) in [5, 5.41) is 11.3. The average Bonchev–Trinajstić information content (AvgIpc) is 3.21. The fraction of sp³-hybridized carbons (Fsp3) is 0.211. The van der Waals surface area contributed by atoms with Gasteiger partial charge in [-0.05, 0) is 31.0 Å². The van der Waals surface area contributed by atoms with Gasteiger partial charge in [-0.3, -0.25) is 14.4 Å². The molecule has 0 amide bonds. The molecule has 2 heterocycles. The first-order chi connectivity index (χ1) is 13.4. The molecule has 0 spiro atoms. The molecule has 144 valence electrons. The van der Waals surface area contributed by atoms with Crippen LogP contribution in [-0.4, -0.2) is 29.4 Å². The first-order valence-electron chi connectivity index (χ1n) is 8.71. The summed E-state index contributed by atoms with van der Waals surface area (Å²) >= 11 is 0. The summed E-state index contributed by atoms with van der Waals surface area (Å²) in [6.45, 7) is 1.69. The highest BCUT2D eigenvalue weighted by atomic mass is 32.2. The number of benzene rings is 2. The Morgan fingerprint density at radius 2 is 1.96 bits per heavy atom. The van der Waals surface area contributed by atoms with Gasteiger partial charge in [-0.1, -0.05) is 24.3 Å². The molecule has 9 heteroatoms. The fourth-order valence-corrected chi connectivity index (χ4v) is 5.43.